The molecule has 0 fully saturated rings. The minimum Gasteiger partial charge on any atom is -0.0871 e. The Bertz CT molecular complexity index is 191. The van der Waals surface area contributed by atoms with Gasteiger partial charge in [-0.05, 0) is 0 Å². The number of hydrogen-bond donors (Lipinski definition) is 0. The van der Waals surface area contributed by atoms with Gasteiger partial charge in [-0.3, -0.25) is 0 Å². The number of fused-ring (bicyclic) bond motifs is 2. The van der Waals surface area contributed by atoms with Gasteiger partial charge >= 0.3 is 0 Å². The average Bonchev–Trinajstić information content (AvgIpc) is 2.06. The minimum absolute atomic E-state index is 0.600. The average molecular weight is 197 g/mol. The number of rotatable bonds is 0. The first-order valence-corrected chi connectivity index (χ1v) is 4.47. The second-order valence-electron chi connectivity index (χ2n) is 2.75. The predicted molar refractivity (Wildman–Crippen MR) is 47.1 cm³/mol. The molecule has 1 heteroatoms. The summed E-state index contributed by atoms with van der Waals surface area (Å²) < 4.78 is 0. The molecule has 0 aromatic carbocycles. The quantitative estimate of drug-likeness (QED) is 0.413. The van der Waals surface area contributed by atoms with Crippen molar-refractivity contribution in [3.05, 3.63) is 36.5 Å². The van der Waals surface area contributed by atoms with Gasteiger partial charge < -0.3 is 0 Å². The molecule has 0 amide bonds. The van der Waals surface area contributed by atoms with Crippen molar-refractivity contribution in [3.8, 4) is 0 Å². The maximum atomic E-state index is 3.67. The summed E-state index contributed by atoms with van der Waals surface area (Å²) in [6.07, 6.45) is 13.3. The first-order valence-electron chi connectivity index (χ1n) is 3.55. The SMILES string of the molecule is BrC1[C@@H]2C=CC=C[C@H]1C=C2. The molecule has 3 atom stereocenters. The Morgan fingerprint density at radius 2 is 1.30 bits per heavy atom. The Morgan fingerprint density at radius 3 is 1.80 bits per heavy atom. The Kier molecular flexibility index (Phi) is 1.53. The van der Waals surface area contributed by atoms with Crippen molar-refractivity contribution in [2.24, 2.45) is 11.8 Å². The van der Waals surface area contributed by atoms with E-state index in [0.717, 1.165) is 0 Å². The van der Waals surface area contributed by atoms with Crippen LogP contribution in [0.1, 0.15) is 0 Å². The van der Waals surface area contributed by atoms with Crippen LogP contribution >= 0.6 is 15.9 Å². The number of alkyl halides is 1. The van der Waals surface area contributed by atoms with Gasteiger partial charge in [0.25, 0.3) is 0 Å². The third-order valence-corrected chi connectivity index (χ3v) is 3.29. The molecule has 2 aliphatic carbocycles. The normalized spacial score (nSPS) is 42.3. The van der Waals surface area contributed by atoms with Crippen LogP contribution in [-0.2, 0) is 0 Å². The van der Waals surface area contributed by atoms with Crippen molar-refractivity contribution < 1.29 is 0 Å². The Labute approximate surface area is 69.4 Å². The van der Waals surface area contributed by atoms with E-state index in [0.29, 0.717) is 16.7 Å². The number of hydrogen-bond acceptors (Lipinski definition) is 0. The molecule has 0 saturated carbocycles. The maximum absolute atomic E-state index is 3.67. The predicted octanol–water partition coefficient (Wildman–Crippen LogP) is 2.68. The molecule has 2 bridgehead atoms. The lowest BCUT2D eigenvalue weighted by atomic mass is 10.1. The Balaban J connectivity index is 2.35. The first kappa shape index (κ1) is 6.41. The molecule has 0 spiro atoms. The van der Waals surface area contributed by atoms with Crippen LogP contribution in [0.25, 0.3) is 0 Å². The molecule has 2 aliphatic rings. The largest absolute Gasteiger partial charge is 0.0871 e. The van der Waals surface area contributed by atoms with E-state index in [4.69, 9.17) is 0 Å². The van der Waals surface area contributed by atoms with Crippen LogP contribution in [-0.4, -0.2) is 4.83 Å². The summed E-state index contributed by atoms with van der Waals surface area (Å²) in [5.74, 6) is 1.22. The zero-order valence-corrected chi connectivity index (χ0v) is 7.16. The zero-order chi connectivity index (χ0) is 6.97. The monoisotopic (exact) mass is 196 g/mol. The van der Waals surface area contributed by atoms with Gasteiger partial charge in [0.1, 0.15) is 0 Å². The molecule has 2 rings (SSSR count). The first-order chi connectivity index (χ1) is 4.88. The molecule has 1 unspecified atom stereocenters. The maximum Gasteiger partial charge on any atom is 0.0340 e. The van der Waals surface area contributed by atoms with E-state index in [1.165, 1.54) is 0 Å². The van der Waals surface area contributed by atoms with Gasteiger partial charge in [-0.2, -0.15) is 0 Å². The molecule has 0 nitrogen and oxygen atoms in total. The van der Waals surface area contributed by atoms with Gasteiger partial charge in [-0.15, -0.1) is 0 Å². The van der Waals surface area contributed by atoms with Gasteiger partial charge in [-0.25, -0.2) is 0 Å². The van der Waals surface area contributed by atoms with Crippen molar-refractivity contribution in [2.45, 2.75) is 4.83 Å². The lowest BCUT2D eigenvalue weighted by molar-refractivity contribution is 0.717. The fraction of sp³-hybridized carbons (Fsp3) is 0.333. The Hall–Kier alpha value is -0.300. The Morgan fingerprint density at radius 1 is 0.800 bits per heavy atom. The van der Waals surface area contributed by atoms with Gasteiger partial charge in [0.2, 0.25) is 0 Å². The second kappa shape index (κ2) is 2.39. The summed E-state index contributed by atoms with van der Waals surface area (Å²) in [7, 11) is 0. The van der Waals surface area contributed by atoms with Crippen LogP contribution in [0.2, 0.25) is 0 Å². The smallest absolute Gasteiger partial charge is 0.0340 e. The molecule has 0 radical (unpaired) electrons. The van der Waals surface area contributed by atoms with Gasteiger partial charge in [-0.1, -0.05) is 52.4 Å². The van der Waals surface area contributed by atoms with Crippen LogP contribution in [0.15, 0.2) is 36.5 Å². The van der Waals surface area contributed by atoms with E-state index >= 15 is 0 Å². The lowest BCUT2D eigenvalue weighted by Gasteiger charge is -2.11. The summed E-state index contributed by atoms with van der Waals surface area (Å²) in [6.45, 7) is 0. The molecule has 0 aromatic rings. The van der Waals surface area contributed by atoms with Crippen LogP contribution < -0.4 is 0 Å². The van der Waals surface area contributed by atoms with Gasteiger partial charge in [0.15, 0.2) is 0 Å². The van der Waals surface area contributed by atoms with Crippen LogP contribution in [0.5, 0.6) is 0 Å². The number of halogens is 1. The highest BCUT2D eigenvalue weighted by Crippen LogP contribution is 2.33. The van der Waals surface area contributed by atoms with E-state index in [1.807, 2.05) is 0 Å². The molecule has 0 N–H and O–H groups in total. The van der Waals surface area contributed by atoms with Crippen molar-refractivity contribution >= 4 is 15.9 Å². The van der Waals surface area contributed by atoms with E-state index in [1.54, 1.807) is 0 Å². The molecular formula is C9H9Br. The van der Waals surface area contributed by atoms with E-state index in [-0.39, 0.29) is 0 Å². The highest BCUT2D eigenvalue weighted by molar-refractivity contribution is 9.09. The summed E-state index contributed by atoms with van der Waals surface area (Å²) in [5, 5.41) is 0. The fourth-order valence-corrected chi connectivity index (χ4v) is 2.16. The molecule has 0 aromatic heterocycles. The van der Waals surface area contributed by atoms with E-state index in [9.17, 15) is 0 Å². The minimum atomic E-state index is 0.600. The van der Waals surface area contributed by atoms with Crippen molar-refractivity contribution in [1.29, 1.82) is 0 Å². The van der Waals surface area contributed by atoms with Crippen LogP contribution in [0.3, 0.4) is 0 Å². The topological polar surface area (TPSA) is 0 Å². The van der Waals surface area contributed by atoms with E-state index in [2.05, 4.69) is 52.4 Å². The highest BCUT2D eigenvalue weighted by atomic mass is 79.9. The standard InChI is InChI=1S/C9H9Br/c10-9-7-3-1-2-4-8(9)6-5-7/h1-9H/t7-,8+,9?. The summed E-state index contributed by atoms with van der Waals surface area (Å²) in [6, 6.07) is 0. The van der Waals surface area contributed by atoms with Crippen molar-refractivity contribution in [2.75, 3.05) is 0 Å². The summed E-state index contributed by atoms with van der Waals surface area (Å²) in [5.41, 5.74) is 0. The van der Waals surface area contributed by atoms with Crippen molar-refractivity contribution in [3.63, 3.8) is 0 Å². The highest BCUT2D eigenvalue weighted by Gasteiger charge is 2.26. The molecule has 0 saturated heterocycles. The molecule has 52 valence electrons. The van der Waals surface area contributed by atoms with Gasteiger partial charge in [0, 0.05) is 16.7 Å². The van der Waals surface area contributed by atoms with Gasteiger partial charge in [0.05, 0.1) is 0 Å². The zero-order valence-electron chi connectivity index (χ0n) is 5.57. The lowest BCUT2D eigenvalue weighted by Crippen LogP contribution is -2.10. The second-order valence-corrected chi connectivity index (χ2v) is 3.81. The molecular weight excluding hydrogens is 188 g/mol. The molecule has 0 aliphatic heterocycles. The third-order valence-electron chi connectivity index (χ3n) is 2.07. The molecule has 10 heavy (non-hydrogen) atoms. The van der Waals surface area contributed by atoms with Crippen molar-refractivity contribution in [1.82, 2.24) is 0 Å². The van der Waals surface area contributed by atoms with E-state index < -0.39 is 0 Å². The fourth-order valence-electron chi connectivity index (χ4n) is 1.45. The summed E-state index contributed by atoms with van der Waals surface area (Å²) >= 11 is 3.67. The van der Waals surface area contributed by atoms with Crippen LogP contribution in [0, 0.1) is 11.8 Å². The molecule has 0 heterocycles. The van der Waals surface area contributed by atoms with Crippen LogP contribution in [0.4, 0.5) is 0 Å². The summed E-state index contributed by atoms with van der Waals surface area (Å²) in [4.78, 5) is 0.600. The third kappa shape index (κ3) is 0.891. The number of allylic oxidation sites excluding steroid dienone is 6.